The molecule has 0 saturated carbocycles. The van der Waals surface area contributed by atoms with Gasteiger partial charge in [0.05, 0.1) is 18.2 Å². The number of piperidine rings is 4. The molecule has 0 N–H and O–H groups in total. The first kappa shape index (κ1) is 34.5. The van der Waals surface area contributed by atoms with Crippen LogP contribution in [0.2, 0.25) is 0 Å². The van der Waals surface area contributed by atoms with Crippen LogP contribution in [0.5, 0.6) is 5.75 Å². The summed E-state index contributed by atoms with van der Waals surface area (Å²) in [6.07, 6.45) is 12.9. The van der Waals surface area contributed by atoms with E-state index in [9.17, 15) is 14.9 Å². The molecule has 2 aromatic rings. The number of carbonyl (C=O) groups is 1. The molecule has 4 aliphatic rings. The van der Waals surface area contributed by atoms with Crippen molar-refractivity contribution in [2.24, 2.45) is 18.4 Å². The van der Waals surface area contributed by atoms with Gasteiger partial charge in [-0.3, -0.25) is 14.8 Å². The number of likely N-dealkylation sites (tertiary alicyclic amines) is 3. The van der Waals surface area contributed by atoms with Crippen molar-refractivity contribution in [1.29, 1.82) is 0 Å². The molecule has 12 nitrogen and oxygen atoms in total. The van der Waals surface area contributed by atoms with Crippen molar-refractivity contribution in [3.63, 3.8) is 0 Å². The zero-order chi connectivity index (χ0) is 34.1. The molecule has 0 bridgehead atoms. The molecule has 5 heterocycles. The van der Waals surface area contributed by atoms with E-state index in [1.54, 1.807) is 16.9 Å². The van der Waals surface area contributed by atoms with Gasteiger partial charge in [0, 0.05) is 87.5 Å². The van der Waals surface area contributed by atoms with Gasteiger partial charge in [0.25, 0.3) is 0 Å². The first-order valence-corrected chi connectivity index (χ1v) is 18.0. The Morgan fingerprint density at radius 2 is 1.73 bits per heavy atom. The molecule has 4 fully saturated rings. The van der Waals surface area contributed by atoms with Gasteiger partial charge >= 0.3 is 11.8 Å². The molecule has 48 heavy (non-hydrogen) atoms. The van der Waals surface area contributed by atoms with Crippen LogP contribution in [0.1, 0.15) is 72.1 Å². The van der Waals surface area contributed by atoms with Crippen LogP contribution in [0.4, 0.5) is 16.2 Å². The highest BCUT2D eigenvalue weighted by atomic mass is 16.6. The number of hydrogen-bond acceptors (Lipinski definition) is 9. The Morgan fingerprint density at radius 3 is 2.33 bits per heavy atom. The standard InChI is InChI=1S/C36H55N7O5/c1-35(2,3)48-34(44)42-19-12-36(13-20-42)11-6-14-39(26-36)24-27-7-15-40(16-8-27)29-9-17-41(18-10-29)31-22-33(47-5)32(43(45)46)21-30(31)28-23-37-38(4)25-28/h21-23,25,27,29H,6-20,24,26H2,1-5H3. The van der Waals surface area contributed by atoms with E-state index < -0.39 is 5.60 Å². The lowest BCUT2D eigenvalue weighted by Crippen LogP contribution is -2.53. The van der Waals surface area contributed by atoms with E-state index in [0.29, 0.717) is 11.5 Å². The molecule has 0 unspecified atom stereocenters. The number of benzene rings is 1. The Bertz CT molecular complexity index is 1430. The second-order valence-corrected chi connectivity index (χ2v) is 15.7. The van der Waals surface area contributed by atoms with Crippen LogP contribution in [0.25, 0.3) is 11.1 Å². The largest absolute Gasteiger partial charge is 0.490 e. The Hall–Kier alpha value is -3.38. The number of nitro benzene ring substituents is 1. The van der Waals surface area contributed by atoms with Crippen LogP contribution in [-0.4, -0.2) is 113 Å². The normalized spacial score (nSPS) is 21.9. The van der Waals surface area contributed by atoms with Gasteiger partial charge in [0.1, 0.15) is 5.60 Å². The minimum atomic E-state index is -0.449. The molecule has 12 heteroatoms. The number of carbonyl (C=O) groups excluding carboxylic acids is 1. The maximum Gasteiger partial charge on any atom is 0.410 e. The zero-order valence-corrected chi connectivity index (χ0v) is 29.7. The lowest BCUT2D eigenvalue weighted by molar-refractivity contribution is -0.385. The minimum Gasteiger partial charge on any atom is -0.490 e. The number of nitrogens with zero attached hydrogens (tertiary/aromatic N) is 7. The minimum absolute atomic E-state index is 0.0267. The highest BCUT2D eigenvalue weighted by Crippen LogP contribution is 2.43. The molecule has 1 aromatic heterocycles. The van der Waals surface area contributed by atoms with E-state index in [0.717, 1.165) is 87.7 Å². The molecule has 1 amide bonds. The number of methoxy groups -OCH3 is 1. The molecular weight excluding hydrogens is 610 g/mol. The fourth-order valence-corrected chi connectivity index (χ4v) is 8.62. The van der Waals surface area contributed by atoms with Crippen molar-refractivity contribution >= 4 is 17.5 Å². The quantitative estimate of drug-likeness (QED) is 0.268. The summed E-state index contributed by atoms with van der Waals surface area (Å²) in [5.74, 6) is 1.03. The zero-order valence-electron chi connectivity index (χ0n) is 29.7. The summed E-state index contributed by atoms with van der Waals surface area (Å²) in [4.78, 5) is 33.8. The number of amides is 1. The fourth-order valence-electron chi connectivity index (χ4n) is 8.62. The number of anilines is 1. The predicted molar refractivity (Wildman–Crippen MR) is 187 cm³/mol. The third-order valence-corrected chi connectivity index (χ3v) is 11.2. The van der Waals surface area contributed by atoms with Gasteiger partial charge in [-0.2, -0.15) is 5.10 Å². The van der Waals surface area contributed by atoms with E-state index in [1.165, 1.54) is 52.4 Å². The van der Waals surface area contributed by atoms with Gasteiger partial charge in [-0.05, 0) is 103 Å². The summed E-state index contributed by atoms with van der Waals surface area (Å²) < 4.78 is 12.8. The Kier molecular flexibility index (Phi) is 10.2. The fraction of sp³-hybridized carbons (Fsp3) is 0.722. The molecule has 0 radical (unpaired) electrons. The average molecular weight is 666 g/mol. The number of ether oxygens (including phenoxy) is 2. The lowest BCUT2D eigenvalue weighted by atomic mass is 9.72. The van der Waals surface area contributed by atoms with Crippen LogP contribution in [0.3, 0.4) is 0 Å². The van der Waals surface area contributed by atoms with Gasteiger partial charge < -0.3 is 29.1 Å². The molecule has 0 atom stereocenters. The summed E-state index contributed by atoms with van der Waals surface area (Å²) in [5, 5.41) is 16.1. The highest BCUT2D eigenvalue weighted by molar-refractivity contribution is 5.82. The van der Waals surface area contributed by atoms with Crippen molar-refractivity contribution in [2.75, 3.05) is 70.9 Å². The van der Waals surface area contributed by atoms with Crippen molar-refractivity contribution in [2.45, 2.75) is 83.8 Å². The second kappa shape index (κ2) is 14.2. The van der Waals surface area contributed by atoms with Gasteiger partial charge in [0.15, 0.2) is 5.75 Å². The molecule has 1 spiro atoms. The van der Waals surface area contributed by atoms with Crippen molar-refractivity contribution in [1.82, 2.24) is 24.5 Å². The summed E-state index contributed by atoms with van der Waals surface area (Å²) in [6.45, 7) is 15.1. The summed E-state index contributed by atoms with van der Waals surface area (Å²) in [7, 11) is 3.35. The summed E-state index contributed by atoms with van der Waals surface area (Å²) in [6, 6.07) is 4.04. The van der Waals surface area contributed by atoms with Crippen molar-refractivity contribution < 1.29 is 19.2 Å². The van der Waals surface area contributed by atoms with E-state index >= 15 is 0 Å². The number of aromatic nitrogens is 2. The van der Waals surface area contributed by atoms with Crippen LogP contribution in [0.15, 0.2) is 24.5 Å². The van der Waals surface area contributed by atoms with Crippen LogP contribution in [-0.2, 0) is 11.8 Å². The maximum absolute atomic E-state index is 12.6. The number of hydrogen-bond donors (Lipinski definition) is 0. The average Bonchev–Trinajstić information content (AvgIpc) is 3.50. The Labute approximate surface area is 285 Å². The van der Waals surface area contributed by atoms with Gasteiger partial charge in [-0.15, -0.1) is 0 Å². The first-order valence-electron chi connectivity index (χ1n) is 18.0. The lowest BCUT2D eigenvalue weighted by Gasteiger charge is -2.49. The van der Waals surface area contributed by atoms with Crippen LogP contribution >= 0.6 is 0 Å². The predicted octanol–water partition coefficient (Wildman–Crippen LogP) is 5.80. The molecular formula is C36H55N7O5. The third kappa shape index (κ3) is 7.91. The number of rotatable bonds is 7. The molecule has 4 aliphatic heterocycles. The topological polar surface area (TPSA) is 109 Å². The molecule has 6 rings (SSSR count). The van der Waals surface area contributed by atoms with E-state index in [1.807, 2.05) is 45.0 Å². The van der Waals surface area contributed by atoms with E-state index in [4.69, 9.17) is 9.47 Å². The number of nitro groups is 1. The molecule has 1 aromatic carbocycles. The monoisotopic (exact) mass is 665 g/mol. The highest BCUT2D eigenvalue weighted by Gasteiger charge is 2.41. The molecule has 264 valence electrons. The van der Waals surface area contributed by atoms with E-state index in [2.05, 4.69) is 19.8 Å². The Balaban J connectivity index is 0.991. The summed E-state index contributed by atoms with van der Waals surface area (Å²) >= 11 is 0. The van der Waals surface area contributed by atoms with Crippen LogP contribution < -0.4 is 9.64 Å². The van der Waals surface area contributed by atoms with Crippen molar-refractivity contribution in [3.05, 3.63) is 34.6 Å². The van der Waals surface area contributed by atoms with Crippen LogP contribution in [0, 0.1) is 21.4 Å². The summed E-state index contributed by atoms with van der Waals surface area (Å²) in [5.41, 5.74) is 2.53. The van der Waals surface area contributed by atoms with Gasteiger partial charge in [0.2, 0.25) is 0 Å². The Morgan fingerprint density at radius 1 is 1.02 bits per heavy atom. The van der Waals surface area contributed by atoms with Gasteiger partial charge in [-0.1, -0.05) is 0 Å². The maximum atomic E-state index is 12.6. The SMILES string of the molecule is COc1cc(N2CCC(N3CCC(CN4CCCC5(CCN(C(=O)OC(C)(C)C)CC5)C4)CC3)CC2)c(-c2cnn(C)c2)cc1[N+](=O)[O-]. The smallest absolute Gasteiger partial charge is 0.410 e. The van der Waals surface area contributed by atoms with Gasteiger partial charge in [-0.25, -0.2) is 4.79 Å². The molecule has 4 saturated heterocycles. The van der Waals surface area contributed by atoms with Crippen molar-refractivity contribution in [3.8, 4) is 16.9 Å². The first-order chi connectivity index (χ1) is 22.9. The van der Waals surface area contributed by atoms with E-state index in [-0.39, 0.29) is 22.5 Å². The second-order valence-electron chi connectivity index (χ2n) is 15.7. The molecule has 0 aliphatic carbocycles. The third-order valence-electron chi connectivity index (χ3n) is 11.2. The number of aryl methyl sites for hydroxylation is 1.